The van der Waals surface area contributed by atoms with Gasteiger partial charge in [0.25, 0.3) is 5.91 Å². The molecule has 0 spiro atoms. The van der Waals surface area contributed by atoms with Gasteiger partial charge in [0.15, 0.2) is 5.17 Å². The summed E-state index contributed by atoms with van der Waals surface area (Å²) in [5, 5.41) is 0.567. The van der Waals surface area contributed by atoms with Crippen molar-refractivity contribution >= 4 is 56.2 Å². The van der Waals surface area contributed by atoms with Crippen molar-refractivity contribution in [2.75, 3.05) is 4.90 Å². The quantitative estimate of drug-likeness (QED) is 0.212. The Kier molecular flexibility index (Phi) is 7.77. The van der Waals surface area contributed by atoms with Crippen LogP contribution in [0.4, 0.5) is 15.8 Å². The summed E-state index contributed by atoms with van der Waals surface area (Å²) < 4.78 is 21.0. The summed E-state index contributed by atoms with van der Waals surface area (Å²) in [6.45, 7) is 4.10. The van der Waals surface area contributed by atoms with Gasteiger partial charge in [0.1, 0.15) is 18.2 Å². The van der Waals surface area contributed by atoms with Gasteiger partial charge in [-0.2, -0.15) is 0 Å². The van der Waals surface area contributed by atoms with Crippen molar-refractivity contribution in [2.24, 2.45) is 4.99 Å². The molecule has 4 aromatic carbocycles. The number of thioether (sulfide) groups is 1. The molecule has 0 bridgehead atoms. The van der Waals surface area contributed by atoms with E-state index in [1.807, 2.05) is 74.5 Å². The van der Waals surface area contributed by atoms with Gasteiger partial charge in [0, 0.05) is 15.6 Å². The number of hydrogen-bond donors (Lipinski definition) is 0. The van der Waals surface area contributed by atoms with Crippen LogP contribution in [0.5, 0.6) is 5.75 Å². The lowest BCUT2D eigenvalue weighted by molar-refractivity contribution is -0.113. The Morgan fingerprint density at radius 1 is 0.947 bits per heavy atom. The molecule has 0 aromatic heterocycles. The second kappa shape index (κ2) is 11.4. The van der Waals surface area contributed by atoms with Crippen LogP contribution in [0, 0.1) is 19.7 Å². The van der Waals surface area contributed by atoms with E-state index in [1.165, 1.54) is 17.8 Å². The zero-order chi connectivity index (χ0) is 26.6. The Hall–Kier alpha value is -3.68. The first-order chi connectivity index (χ1) is 18.4. The number of anilines is 1. The van der Waals surface area contributed by atoms with Crippen molar-refractivity contribution in [3.05, 3.63) is 128 Å². The molecule has 4 nitrogen and oxygen atoms in total. The Bertz CT molecular complexity index is 1550. The molecule has 4 aromatic rings. The summed E-state index contributed by atoms with van der Waals surface area (Å²) in [5.41, 5.74) is 4.91. The molecule has 1 amide bonds. The van der Waals surface area contributed by atoms with Crippen molar-refractivity contribution in [1.29, 1.82) is 0 Å². The molecule has 1 fully saturated rings. The molecule has 1 aliphatic heterocycles. The normalized spacial score (nSPS) is 15.5. The maximum atomic E-state index is 14.1. The maximum Gasteiger partial charge on any atom is 0.271 e. The smallest absolute Gasteiger partial charge is 0.271 e. The van der Waals surface area contributed by atoms with Crippen molar-refractivity contribution < 1.29 is 13.9 Å². The maximum absolute atomic E-state index is 14.1. The number of amides is 1. The molecule has 7 heteroatoms. The molecule has 0 radical (unpaired) electrons. The van der Waals surface area contributed by atoms with Gasteiger partial charge in [0.05, 0.1) is 16.3 Å². The lowest BCUT2D eigenvalue weighted by Gasteiger charge is -2.16. The minimum Gasteiger partial charge on any atom is -0.488 e. The van der Waals surface area contributed by atoms with E-state index in [9.17, 15) is 9.18 Å². The Morgan fingerprint density at radius 3 is 2.34 bits per heavy atom. The van der Waals surface area contributed by atoms with E-state index in [0.29, 0.717) is 26.9 Å². The third-order valence-corrected chi connectivity index (χ3v) is 7.42. The average molecular weight is 588 g/mol. The van der Waals surface area contributed by atoms with E-state index in [1.54, 1.807) is 35.2 Å². The van der Waals surface area contributed by atoms with E-state index in [-0.39, 0.29) is 18.3 Å². The van der Waals surface area contributed by atoms with Crippen LogP contribution in [0.3, 0.4) is 0 Å². The van der Waals surface area contributed by atoms with Gasteiger partial charge in [-0.1, -0.05) is 69.5 Å². The number of benzene rings is 4. The van der Waals surface area contributed by atoms with E-state index in [0.717, 1.165) is 27.0 Å². The predicted octanol–water partition coefficient (Wildman–Crippen LogP) is 8.59. The fourth-order valence-corrected chi connectivity index (χ4v) is 5.25. The number of nitrogens with zero attached hydrogens (tertiary/aromatic N) is 2. The average Bonchev–Trinajstić information content (AvgIpc) is 3.20. The number of rotatable bonds is 6. The molecule has 0 saturated carbocycles. The summed E-state index contributed by atoms with van der Waals surface area (Å²) in [6.07, 6.45) is 1.80. The van der Waals surface area contributed by atoms with Crippen LogP contribution in [-0.2, 0) is 11.4 Å². The first-order valence-corrected chi connectivity index (χ1v) is 13.6. The summed E-state index contributed by atoms with van der Waals surface area (Å²) >= 11 is 4.82. The van der Waals surface area contributed by atoms with Crippen LogP contribution >= 0.6 is 27.7 Å². The summed E-state index contributed by atoms with van der Waals surface area (Å²) in [4.78, 5) is 20.7. The number of carbonyl (C=O) groups is 1. The first-order valence-electron chi connectivity index (χ1n) is 12.0. The minimum absolute atomic E-state index is 0.0706. The summed E-state index contributed by atoms with van der Waals surface area (Å²) in [7, 11) is 0. The van der Waals surface area contributed by atoms with Crippen LogP contribution in [-0.4, -0.2) is 11.1 Å². The van der Waals surface area contributed by atoms with Crippen molar-refractivity contribution in [1.82, 2.24) is 0 Å². The predicted molar refractivity (Wildman–Crippen MR) is 157 cm³/mol. The Morgan fingerprint density at radius 2 is 1.63 bits per heavy atom. The summed E-state index contributed by atoms with van der Waals surface area (Å²) in [6, 6.07) is 27.7. The highest BCUT2D eigenvalue weighted by Gasteiger charge is 2.35. The topological polar surface area (TPSA) is 41.9 Å². The van der Waals surface area contributed by atoms with E-state index in [4.69, 9.17) is 9.73 Å². The number of aliphatic imine (C=N–C) groups is 1. The second-order valence-electron chi connectivity index (χ2n) is 8.88. The van der Waals surface area contributed by atoms with Gasteiger partial charge in [-0.25, -0.2) is 9.38 Å². The third-order valence-electron chi connectivity index (χ3n) is 5.96. The molecule has 38 heavy (non-hydrogen) atoms. The molecule has 190 valence electrons. The van der Waals surface area contributed by atoms with Crippen molar-refractivity contribution in [2.45, 2.75) is 20.5 Å². The van der Waals surface area contributed by atoms with E-state index >= 15 is 0 Å². The molecule has 0 N–H and O–H groups in total. The van der Waals surface area contributed by atoms with Gasteiger partial charge < -0.3 is 4.74 Å². The molecule has 1 heterocycles. The van der Waals surface area contributed by atoms with Gasteiger partial charge in [0.2, 0.25) is 0 Å². The van der Waals surface area contributed by atoms with E-state index < -0.39 is 0 Å². The third kappa shape index (κ3) is 5.90. The number of hydrogen-bond acceptors (Lipinski definition) is 4. The standard InChI is InChI=1S/C31H24BrFN2O2S/c1-20-7-12-25(13-8-20)34-31-35(26-14-9-21(2)10-15-26)30(36)29(38-31)18-23-17-24(32)11-16-28(23)37-19-22-5-3-4-6-27(22)33/h3-18H,19H2,1-2H3/b29-18-,34-31?. The molecule has 5 rings (SSSR count). The van der Waals surface area contributed by atoms with Crippen molar-refractivity contribution in [3.8, 4) is 5.75 Å². The molecule has 1 aliphatic rings. The largest absolute Gasteiger partial charge is 0.488 e. The van der Waals surface area contributed by atoms with Crippen molar-refractivity contribution in [3.63, 3.8) is 0 Å². The lowest BCUT2D eigenvalue weighted by Crippen LogP contribution is -2.28. The highest BCUT2D eigenvalue weighted by Crippen LogP contribution is 2.39. The summed E-state index contributed by atoms with van der Waals surface area (Å²) in [5.74, 6) is 0.0460. The number of aryl methyl sites for hydroxylation is 2. The molecule has 1 saturated heterocycles. The van der Waals surface area contributed by atoms with Gasteiger partial charge in [-0.3, -0.25) is 9.69 Å². The lowest BCUT2D eigenvalue weighted by atomic mass is 10.1. The number of amidine groups is 1. The highest BCUT2D eigenvalue weighted by atomic mass is 79.9. The molecule has 0 unspecified atom stereocenters. The minimum atomic E-state index is -0.322. The van der Waals surface area contributed by atoms with Crippen LogP contribution < -0.4 is 9.64 Å². The van der Waals surface area contributed by atoms with Gasteiger partial charge >= 0.3 is 0 Å². The fraction of sp³-hybridized carbons (Fsp3) is 0.0968. The zero-order valence-electron chi connectivity index (χ0n) is 20.8. The SMILES string of the molecule is Cc1ccc(N=C2S/C(=C\c3cc(Br)ccc3OCc3ccccc3F)C(=O)N2c2ccc(C)cc2)cc1. The number of ether oxygens (including phenoxy) is 1. The van der Waals surface area contributed by atoms with Gasteiger partial charge in [-0.05, 0) is 80.2 Å². The van der Waals surface area contributed by atoms with E-state index in [2.05, 4.69) is 15.9 Å². The highest BCUT2D eigenvalue weighted by molar-refractivity contribution is 9.10. The monoisotopic (exact) mass is 586 g/mol. The molecule has 0 atom stereocenters. The van der Waals surface area contributed by atoms with Crippen LogP contribution in [0.1, 0.15) is 22.3 Å². The van der Waals surface area contributed by atoms with Crippen LogP contribution in [0.2, 0.25) is 0 Å². The zero-order valence-corrected chi connectivity index (χ0v) is 23.2. The molecular formula is C31H24BrFN2O2S. The Labute approximate surface area is 234 Å². The fourth-order valence-electron chi connectivity index (χ4n) is 3.88. The van der Waals surface area contributed by atoms with Crippen LogP contribution in [0.15, 0.2) is 105 Å². The first kappa shape index (κ1) is 25.9. The molecule has 0 aliphatic carbocycles. The number of carbonyl (C=O) groups excluding carboxylic acids is 1. The number of halogens is 2. The molecular weight excluding hydrogens is 563 g/mol. The second-order valence-corrected chi connectivity index (χ2v) is 10.8. The van der Waals surface area contributed by atoms with Gasteiger partial charge in [-0.15, -0.1) is 0 Å². The Balaban J connectivity index is 1.51. The van der Waals surface area contributed by atoms with Crippen LogP contribution in [0.25, 0.3) is 6.08 Å².